The topological polar surface area (TPSA) is 71.5 Å². The van der Waals surface area contributed by atoms with E-state index >= 15 is 0 Å². The van der Waals surface area contributed by atoms with Crippen molar-refractivity contribution in [2.75, 3.05) is 31.6 Å². The van der Waals surface area contributed by atoms with Gasteiger partial charge in [-0.25, -0.2) is 9.78 Å². The Morgan fingerprint density at radius 1 is 1.17 bits per heavy atom. The molecular weight excluding hydrogens is 466 g/mol. The molecular formula is C22H22BrN3O3S. The lowest BCUT2D eigenvalue weighted by Crippen LogP contribution is -2.38. The standard InChI is InChI=1S/C22H22BrN3O3S/c23-17-6-4-15(5-7-17)20(27)16-8-10-26(11-9-16)12-13-29-22(28)25-19-3-1-2-18-21(19)30-14-24-18/h1-7,14,16H,8-13H2,(H,25,28). The Hall–Kier alpha value is -2.29. The third-order valence-electron chi connectivity index (χ3n) is 5.32. The largest absolute Gasteiger partial charge is 0.448 e. The van der Waals surface area contributed by atoms with E-state index in [1.165, 1.54) is 11.3 Å². The predicted molar refractivity (Wildman–Crippen MR) is 122 cm³/mol. The first kappa shape index (κ1) is 21.0. The van der Waals surface area contributed by atoms with E-state index in [-0.39, 0.29) is 11.7 Å². The number of benzene rings is 2. The van der Waals surface area contributed by atoms with Crippen LogP contribution in [0.25, 0.3) is 10.2 Å². The molecule has 0 saturated carbocycles. The molecule has 8 heteroatoms. The van der Waals surface area contributed by atoms with E-state index in [9.17, 15) is 9.59 Å². The number of anilines is 1. The number of halogens is 1. The van der Waals surface area contributed by atoms with E-state index in [0.717, 1.165) is 46.2 Å². The highest BCUT2D eigenvalue weighted by Crippen LogP contribution is 2.26. The third kappa shape index (κ3) is 5.06. The molecule has 1 aliphatic rings. The molecule has 156 valence electrons. The fourth-order valence-corrected chi connectivity index (χ4v) is 4.69. The molecule has 0 radical (unpaired) electrons. The van der Waals surface area contributed by atoms with Crippen LogP contribution in [0.4, 0.5) is 10.5 Å². The number of Topliss-reactive ketones (excluding diaryl/α,β-unsaturated/α-hetero) is 1. The maximum atomic E-state index is 12.7. The monoisotopic (exact) mass is 487 g/mol. The van der Waals surface area contributed by atoms with Gasteiger partial charge in [0.25, 0.3) is 0 Å². The number of nitrogens with zero attached hydrogens (tertiary/aromatic N) is 2. The number of hydrogen-bond donors (Lipinski definition) is 1. The lowest BCUT2D eigenvalue weighted by atomic mass is 9.89. The van der Waals surface area contributed by atoms with Crippen molar-refractivity contribution < 1.29 is 14.3 Å². The van der Waals surface area contributed by atoms with Crippen LogP contribution in [0.2, 0.25) is 0 Å². The van der Waals surface area contributed by atoms with Crippen LogP contribution in [-0.4, -0.2) is 48.0 Å². The predicted octanol–water partition coefficient (Wildman–Crippen LogP) is 5.20. The Bertz CT molecular complexity index is 1030. The van der Waals surface area contributed by atoms with Crippen molar-refractivity contribution in [2.24, 2.45) is 5.92 Å². The second-order valence-corrected chi connectivity index (χ2v) is 9.02. The number of rotatable bonds is 6. The molecule has 0 aliphatic carbocycles. The van der Waals surface area contributed by atoms with Crippen molar-refractivity contribution >= 4 is 55.0 Å². The minimum Gasteiger partial charge on any atom is -0.448 e. The number of amides is 1. The van der Waals surface area contributed by atoms with Crippen LogP contribution >= 0.6 is 27.3 Å². The number of hydrogen-bond acceptors (Lipinski definition) is 6. The van der Waals surface area contributed by atoms with Gasteiger partial charge >= 0.3 is 6.09 Å². The first-order valence-electron chi connectivity index (χ1n) is 9.88. The van der Waals surface area contributed by atoms with Gasteiger partial charge in [-0.1, -0.05) is 34.1 Å². The summed E-state index contributed by atoms with van der Waals surface area (Å²) in [4.78, 5) is 31.3. The molecule has 1 N–H and O–H groups in total. The molecule has 0 spiro atoms. The zero-order chi connectivity index (χ0) is 20.9. The summed E-state index contributed by atoms with van der Waals surface area (Å²) in [6.45, 7) is 2.64. The van der Waals surface area contributed by atoms with E-state index in [1.807, 2.05) is 42.5 Å². The molecule has 4 rings (SSSR count). The normalized spacial score (nSPS) is 15.2. The summed E-state index contributed by atoms with van der Waals surface area (Å²) >= 11 is 4.88. The minimum absolute atomic E-state index is 0.0616. The molecule has 2 aromatic carbocycles. The van der Waals surface area contributed by atoms with Gasteiger partial charge in [0.1, 0.15) is 6.61 Å². The molecule has 0 atom stereocenters. The van der Waals surface area contributed by atoms with Gasteiger partial charge in [-0.15, -0.1) is 11.3 Å². The van der Waals surface area contributed by atoms with E-state index in [0.29, 0.717) is 18.8 Å². The van der Waals surface area contributed by atoms with Gasteiger partial charge in [0, 0.05) is 22.5 Å². The Morgan fingerprint density at radius 2 is 1.93 bits per heavy atom. The van der Waals surface area contributed by atoms with Crippen LogP contribution in [0.3, 0.4) is 0 Å². The number of aromatic nitrogens is 1. The Kier molecular flexibility index (Phi) is 6.76. The molecule has 1 amide bonds. The molecule has 1 aliphatic heterocycles. The molecule has 0 unspecified atom stereocenters. The summed E-state index contributed by atoms with van der Waals surface area (Å²) in [5.74, 6) is 0.279. The zero-order valence-electron chi connectivity index (χ0n) is 16.3. The Labute approximate surface area is 187 Å². The first-order valence-corrected chi connectivity index (χ1v) is 11.6. The quantitative estimate of drug-likeness (QED) is 0.483. The number of likely N-dealkylation sites (tertiary alicyclic amines) is 1. The molecule has 6 nitrogen and oxygen atoms in total. The Morgan fingerprint density at radius 3 is 2.70 bits per heavy atom. The maximum absolute atomic E-state index is 12.7. The van der Waals surface area contributed by atoms with Gasteiger partial charge in [-0.3, -0.25) is 15.0 Å². The molecule has 1 fully saturated rings. The van der Waals surface area contributed by atoms with Crippen molar-refractivity contribution in [3.63, 3.8) is 0 Å². The molecule has 0 bridgehead atoms. The number of thiazole rings is 1. The highest BCUT2D eigenvalue weighted by atomic mass is 79.9. The van der Waals surface area contributed by atoms with Crippen LogP contribution < -0.4 is 5.32 Å². The second-order valence-electron chi connectivity index (χ2n) is 7.25. The summed E-state index contributed by atoms with van der Waals surface area (Å²) in [7, 11) is 0. The van der Waals surface area contributed by atoms with E-state index < -0.39 is 6.09 Å². The van der Waals surface area contributed by atoms with E-state index in [1.54, 1.807) is 5.51 Å². The van der Waals surface area contributed by atoms with Gasteiger partial charge in [-0.05, 0) is 50.2 Å². The van der Waals surface area contributed by atoms with Gasteiger partial charge in [-0.2, -0.15) is 0 Å². The maximum Gasteiger partial charge on any atom is 0.411 e. The number of fused-ring (bicyclic) bond motifs is 1. The van der Waals surface area contributed by atoms with Crippen molar-refractivity contribution in [1.29, 1.82) is 0 Å². The van der Waals surface area contributed by atoms with Crippen molar-refractivity contribution in [2.45, 2.75) is 12.8 Å². The molecule has 3 aromatic rings. The molecule has 1 saturated heterocycles. The fourth-order valence-electron chi connectivity index (χ4n) is 3.67. The third-order valence-corrected chi connectivity index (χ3v) is 6.73. The van der Waals surface area contributed by atoms with Crippen LogP contribution in [0.15, 0.2) is 52.4 Å². The first-order chi connectivity index (χ1) is 14.6. The minimum atomic E-state index is -0.462. The summed E-state index contributed by atoms with van der Waals surface area (Å²) in [5.41, 5.74) is 4.10. The SMILES string of the molecule is O=C(Nc1cccc2ncsc12)OCCN1CCC(C(=O)c2ccc(Br)cc2)CC1. The van der Waals surface area contributed by atoms with Crippen LogP contribution in [0.1, 0.15) is 23.2 Å². The zero-order valence-corrected chi connectivity index (χ0v) is 18.7. The number of piperidine rings is 1. The number of carbonyl (C=O) groups excluding carboxylic acids is 2. The van der Waals surface area contributed by atoms with E-state index in [2.05, 4.69) is 31.1 Å². The van der Waals surface area contributed by atoms with E-state index in [4.69, 9.17) is 4.74 Å². The highest BCUT2D eigenvalue weighted by Gasteiger charge is 2.25. The van der Waals surface area contributed by atoms with Crippen LogP contribution in [0, 0.1) is 5.92 Å². The average molecular weight is 488 g/mol. The number of ketones is 1. The van der Waals surface area contributed by atoms with Gasteiger partial charge < -0.3 is 4.74 Å². The van der Waals surface area contributed by atoms with Crippen molar-refractivity contribution in [3.05, 3.63) is 58.0 Å². The molecule has 2 heterocycles. The molecule has 30 heavy (non-hydrogen) atoms. The lowest BCUT2D eigenvalue weighted by molar-refractivity contribution is 0.0813. The van der Waals surface area contributed by atoms with Crippen molar-refractivity contribution in [1.82, 2.24) is 9.88 Å². The van der Waals surface area contributed by atoms with Crippen molar-refractivity contribution in [3.8, 4) is 0 Å². The van der Waals surface area contributed by atoms with Crippen LogP contribution in [-0.2, 0) is 4.74 Å². The highest BCUT2D eigenvalue weighted by molar-refractivity contribution is 9.10. The Balaban J connectivity index is 1.19. The van der Waals surface area contributed by atoms with Crippen LogP contribution in [0.5, 0.6) is 0 Å². The fraction of sp³-hybridized carbons (Fsp3) is 0.318. The number of carbonyl (C=O) groups is 2. The van der Waals surface area contributed by atoms with Gasteiger partial charge in [0.05, 0.1) is 21.4 Å². The number of nitrogens with one attached hydrogen (secondary N) is 1. The molecule has 1 aromatic heterocycles. The lowest BCUT2D eigenvalue weighted by Gasteiger charge is -2.31. The smallest absolute Gasteiger partial charge is 0.411 e. The summed E-state index contributed by atoms with van der Waals surface area (Å²) in [5, 5.41) is 2.80. The summed E-state index contributed by atoms with van der Waals surface area (Å²) in [6, 6.07) is 13.2. The number of ether oxygens (including phenoxy) is 1. The average Bonchev–Trinajstić information content (AvgIpc) is 3.24. The van der Waals surface area contributed by atoms with Gasteiger partial charge in [0.2, 0.25) is 0 Å². The summed E-state index contributed by atoms with van der Waals surface area (Å²) in [6.07, 6.45) is 1.19. The summed E-state index contributed by atoms with van der Waals surface area (Å²) < 4.78 is 7.26. The second kappa shape index (κ2) is 9.68. The van der Waals surface area contributed by atoms with Gasteiger partial charge in [0.15, 0.2) is 5.78 Å².